The van der Waals surface area contributed by atoms with Crippen LogP contribution in [0, 0.1) is 0 Å². The monoisotopic (exact) mass is 247 g/mol. The van der Waals surface area contributed by atoms with Crippen LogP contribution in [0.1, 0.15) is 0 Å². The molecule has 0 aliphatic rings. The van der Waals surface area contributed by atoms with Gasteiger partial charge in [-0.1, -0.05) is 0 Å². The van der Waals surface area contributed by atoms with E-state index >= 15 is 0 Å². The predicted molar refractivity (Wildman–Crippen MR) is 21.6 cm³/mol. The molecule has 0 atom stereocenters. The van der Waals surface area contributed by atoms with Gasteiger partial charge in [0, 0.05) is 0 Å². The largest absolute Gasteiger partial charge is 2.00 e. The van der Waals surface area contributed by atoms with E-state index in [0.717, 1.165) is 0 Å². The zero-order valence-corrected chi connectivity index (χ0v) is 7.27. The first kappa shape index (κ1) is 13.8. The topological polar surface area (TPSA) is 133 Å². The summed E-state index contributed by atoms with van der Waals surface area (Å²) in [6.07, 6.45) is 0. The molecule has 0 spiro atoms. The Morgan fingerprint density at radius 2 is 1.00 bits per heavy atom. The molecule has 67 valence electrons. The third-order valence-electron chi connectivity index (χ3n) is 0.194. The predicted octanol–water partition coefficient (Wildman–Crippen LogP) is -2.15. The van der Waals surface area contributed by atoms with Crippen LogP contribution in [0.25, 0.3) is 0 Å². The molecule has 0 saturated heterocycles. The smallest absolute Gasteiger partial charge is 0.724 e. The number of hydrogen-bond donors (Lipinski definition) is 0. The summed E-state index contributed by atoms with van der Waals surface area (Å²) in [4.78, 5) is 0. The average molecular weight is 247 g/mol. The van der Waals surface area contributed by atoms with Crippen molar-refractivity contribution in [2.45, 2.75) is 0 Å². The maximum atomic E-state index is 9.37. The van der Waals surface area contributed by atoms with Gasteiger partial charge in [-0.05, 0) is 0 Å². The van der Waals surface area contributed by atoms with Crippen molar-refractivity contribution in [3.63, 3.8) is 0 Å². The molecule has 0 aromatic carbocycles. The Kier molecular flexibility index (Phi) is 5.44. The Labute approximate surface area is 72.8 Å². The van der Waals surface area contributed by atoms with Gasteiger partial charge in [0.15, 0.2) is 0 Å². The summed E-state index contributed by atoms with van der Waals surface area (Å²) in [6, 6.07) is 0. The SMILES string of the molecule is O=S(=O)([O-])OOS(=O)(=O)[O-].[Mn+2]. The number of hydrogen-bond acceptors (Lipinski definition) is 8. The van der Waals surface area contributed by atoms with Crippen molar-refractivity contribution in [3.8, 4) is 0 Å². The third kappa shape index (κ3) is 13.3. The second-order valence-corrected chi connectivity index (χ2v) is 2.86. The van der Waals surface area contributed by atoms with Gasteiger partial charge in [0.2, 0.25) is 20.8 Å². The van der Waals surface area contributed by atoms with Crippen molar-refractivity contribution in [1.29, 1.82) is 0 Å². The fourth-order valence-corrected chi connectivity index (χ4v) is 0.612. The standard InChI is InChI=1S/Mn.H2O8S2/c;1-9(2,3)7-8-10(4,5)6/h;(H,1,2,3)(H,4,5,6)/q+2;/p-2. The molecule has 0 aliphatic carbocycles. The molecule has 0 aromatic heterocycles. The van der Waals surface area contributed by atoms with Crippen molar-refractivity contribution in [3.05, 3.63) is 0 Å². The van der Waals surface area contributed by atoms with Crippen LogP contribution in [-0.2, 0) is 46.5 Å². The molecule has 0 aliphatic heterocycles. The molecular formula is MnO8S2. The first-order chi connectivity index (χ1) is 4.21. The van der Waals surface area contributed by atoms with E-state index in [-0.39, 0.29) is 17.1 Å². The molecule has 0 aromatic rings. The Morgan fingerprint density at radius 3 is 1.09 bits per heavy atom. The van der Waals surface area contributed by atoms with Crippen molar-refractivity contribution < 1.29 is 51.7 Å². The van der Waals surface area contributed by atoms with Gasteiger partial charge in [0.1, 0.15) is 0 Å². The van der Waals surface area contributed by atoms with E-state index in [4.69, 9.17) is 0 Å². The van der Waals surface area contributed by atoms with E-state index in [1.165, 1.54) is 0 Å². The van der Waals surface area contributed by atoms with E-state index in [0.29, 0.717) is 0 Å². The van der Waals surface area contributed by atoms with Gasteiger partial charge < -0.3 is 9.11 Å². The molecule has 0 fully saturated rings. The molecule has 0 N–H and O–H groups in total. The maximum absolute atomic E-state index is 9.37. The van der Waals surface area contributed by atoms with E-state index in [9.17, 15) is 25.9 Å². The molecule has 1 radical (unpaired) electrons. The Bertz CT molecular complexity index is 248. The van der Waals surface area contributed by atoms with Crippen molar-refractivity contribution in [1.82, 2.24) is 0 Å². The van der Waals surface area contributed by atoms with E-state index in [1.807, 2.05) is 0 Å². The maximum Gasteiger partial charge on any atom is 2.00 e. The zero-order valence-electron chi connectivity index (χ0n) is 4.46. The van der Waals surface area contributed by atoms with Crippen molar-refractivity contribution >= 4 is 20.8 Å². The van der Waals surface area contributed by atoms with Gasteiger partial charge in [-0.15, -0.1) is 8.67 Å². The van der Waals surface area contributed by atoms with Crippen LogP contribution in [0.5, 0.6) is 0 Å². The summed E-state index contributed by atoms with van der Waals surface area (Å²) in [6.45, 7) is 0. The molecule has 0 unspecified atom stereocenters. The molecule has 0 rings (SSSR count). The van der Waals surface area contributed by atoms with Crippen LogP contribution in [0.3, 0.4) is 0 Å². The van der Waals surface area contributed by atoms with Crippen LogP contribution >= 0.6 is 0 Å². The van der Waals surface area contributed by atoms with Gasteiger partial charge in [-0.25, -0.2) is 16.8 Å². The molecule has 11 heteroatoms. The Balaban J connectivity index is 0. The van der Waals surface area contributed by atoms with Crippen molar-refractivity contribution in [2.24, 2.45) is 0 Å². The minimum atomic E-state index is -5.31. The summed E-state index contributed by atoms with van der Waals surface area (Å²) in [5.74, 6) is 0. The van der Waals surface area contributed by atoms with Gasteiger partial charge in [0.05, 0.1) is 0 Å². The van der Waals surface area contributed by atoms with Gasteiger partial charge in [-0.3, -0.25) is 0 Å². The minimum absolute atomic E-state index is 0. The van der Waals surface area contributed by atoms with Crippen molar-refractivity contribution in [2.75, 3.05) is 0 Å². The molecule has 0 amide bonds. The Morgan fingerprint density at radius 1 is 0.818 bits per heavy atom. The first-order valence-electron chi connectivity index (χ1n) is 1.50. The van der Waals surface area contributed by atoms with Crippen LogP contribution in [0.15, 0.2) is 0 Å². The van der Waals surface area contributed by atoms with Crippen LogP contribution < -0.4 is 0 Å². The van der Waals surface area contributed by atoms with Gasteiger partial charge >= 0.3 is 17.1 Å². The number of rotatable bonds is 3. The summed E-state index contributed by atoms with van der Waals surface area (Å²) in [5.41, 5.74) is 0. The summed E-state index contributed by atoms with van der Waals surface area (Å²) < 4.78 is 61.5. The summed E-state index contributed by atoms with van der Waals surface area (Å²) in [7, 11) is -10.6. The minimum Gasteiger partial charge on any atom is -0.724 e. The summed E-state index contributed by atoms with van der Waals surface area (Å²) >= 11 is 0. The third-order valence-corrected chi connectivity index (χ3v) is 0.750. The fraction of sp³-hybridized carbons (Fsp3) is 0. The van der Waals surface area contributed by atoms with Gasteiger partial charge in [-0.2, -0.15) is 0 Å². The van der Waals surface area contributed by atoms with Gasteiger partial charge in [0.25, 0.3) is 0 Å². The molecule has 0 bridgehead atoms. The Hall–Kier alpha value is 0.259. The molecular weight excluding hydrogens is 247 g/mol. The van der Waals surface area contributed by atoms with E-state index in [2.05, 4.69) is 8.67 Å². The average Bonchev–Trinajstić information content (AvgIpc) is 1.57. The summed E-state index contributed by atoms with van der Waals surface area (Å²) in [5, 5.41) is 0. The fourth-order valence-electron chi connectivity index (χ4n) is 0.0680. The van der Waals surface area contributed by atoms with E-state index in [1.54, 1.807) is 0 Å². The first-order valence-corrected chi connectivity index (χ1v) is 4.17. The molecule has 0 saturated carbocycles. The second kappa shape index (κ2) is 4.33. The quantitative estimate of drug-likeness (QED) is 0.181. The van der Waals surface area contributed by atoms with Crippen LogP contribution in [0.2, 0.25) is 0 Å². The molecule has 0 heterocycles. The normalized spacial score (nSPS) is 12.2. The van der Waals surface area contributed by atoms with Crippen LogP contribution in [-0.4, -0.2) is 25.9 Å². The molecule has 8 nitrogen and oxygen atoms in total. The zero-order chi connectivity index (χ0) is 8.41. The van der Waals surface area contributed by atoms with Crippen LogP contribution in [0.4, 0.5) is 0 Å². The molecule has 11 heavy (non-hydrogen) atoms. The second-order valence-electron chi connectivity index (χ2n) is 0.953. The van der Waals surface area contributed by atoms with E-state index < -0.39 is 20.8 Å².